The summed E-state index contributed by atoms with van der Waals surface area (Å²) in [6.45, 7) is 2.32. The highest BCUT2D eigenvalue weighted by atomic mass is 19.1. The van der Waals surface area contributed by atoms with Crippen molar-refractivity contribution in [3.8, 4) is 0 Å². The number of piperidine rings is 1. The molecule has 1 fully saturated rings. The molecule has 0 aromatic heterocycles. The third kappa shape index (κ3) is 6.14. The number of anilines is 2. The Morgan fingerprint density at radius 3 is 1.65 bits per heavy atom. The summed E-state index contributed by atoms with van der Waals surface area (Å²) in [5.41, 5.74) is 1.55. The van der Waals surface area contributed by atoms with Crippen molar-refractivity contribution in [2.24, 2.45) is 5.92 Å². The summed E-state index contributed by atoms with van der Waals surface area (Å²) in [4.78, 5) is 17.5. The average molecular weight is 541 g/mol. The smallest absolute Gasteiger partial charge is 0.231 e. The van der Waals surface area contributed by atoms with E-state index in [1.165, 1.54) is 24.3 Å². The number of benzene rings is 4. The summed E-state index contributed by atoms with van der Waals surface area (Å²) >= 11 is 0. The van der Waals surface area contributed by atoms with E-state index in [0.717, 1.165) is 50.3 Å². The summed E-state index contributed by atoms with van der Waals surface area (Å²) in [6.07, 6.45) is 2.58. The van der Waals surface area contributed by atoms with Gasteiger partial charge in [0.1, 0.15) is 17.2 Å². The predicted octanol–water partition coefficient (Wildman–Crippen LogP) is 7.06. The van der Waals surface area contributed by atoms with Gasteiger partial charge in [-0.25, -0.2) is 8.78 Å². The zero-order valence-electron chi connectivity index (χ0n) is 22.4. The van der Waals surface area contributed by atoms with Crippen molar-refractivity contribution < 1.29 is 18.7 Å². The van der Waals surface area contributed by atoms with Crippen LogP contribution >= 0.6 is 0 Å². The van der Waals surface area contributed by atoms with Gasteiger partial charge in [0.05, 0.1) is 0 Å². The van der Waals surface area contributed by atoms with Gasteiger partial charge < -0.3 is 10.0 Å². The number of amides is 1. The molecular weight excluding hydrogens is 506 g/mol. The molecule has 1 amide bonds. The van der Waals surface area contributed by atoms with Crippen molar-refractivity contribution in [3.05, 3.63) is 132 Å². The van der Waals surface area contributed by atoms with Crippen LogP contribution in [0.25, 0.3) is 0 Å². The predicted molar refractivity (Wildman–Crippen MR) is 154 cm³/mol. The molecule has 1 N–H and O–H groups in total. The van der Waals surface area contributed by atoms with Crippen LogP contribution < -0.4 is 4.90 Å². The fourth-order valence-corrected chi connectivity index (χ4v) is 5.78. The van der Waals surface area contributed by atoms with E-state index in [0.29, 0.717) is 17.5 Å². The van der Waals surface area contributed by atoms with Gasteiger partial charge in [-0.3, -0.25) is 9.69 Å². The van der Waals surface area contributed by atoms with Gasteiger partial charge in [-0.2, -0.15) is 0 Å². The third-order valence-corrected chi connectivity index (χ3v) is 7.89. The van der Waals surface area contributed by atoms with Gasteiger partial charge in [0.25, 0.3) is 0 Å². The molecule has 0 aliphatic carbocycles. The molecule has 4 nitrogen and oxygen atoms in total. The molecule has 5 rings (SSSR count). The van der Waals surface area contributed by atoms with Gasteiger partial charge in [0, 0.05) is 17.8 Å². The third-order valence-electron chi connectivity index (χ3n) is 7.89. The van der Waals surface area contributed by atoms with Gasteiger partial charge in [0.2, 0.25) is 5.91 Å². The number of halogens is 2. The average Bonchev–Trinajstić information content (AvgIpc) is 2.99. The first kappa shape index (κ1) is 27.7. The number of nitrogens with zero attached hydrogens (tertiary/aromatic N) is 2. The Bertz CT molecular complexity index is 1290. The van der Waals surface area contributed by atoms with Crippen LogP contribution in [0.5, 0.6) is 0 Å². The lowest BCUT2D eigenvalue weighted by Crippen LogP contribution is -2.44. The Kier molecular flexibility index (Phi) is 8.68. The minimum atomic E-state index is -1.35. The minimum Gasteiger partial charge on any atom is -0.380 e. The molecule has 4 aromatic rings. The van der Waals surface area contributed by atoms with Crippen molar-refractivity contribution in [3.63, 3.8) is 0 Å². The maximum atomic E-state index is 13.7. The quantitative estimate of drug-likeness (QED) is 0.247. The Morgan fingerprint density at radius 1 is 0.750 bits per heavy atom. The van der Waals surface area contributed by atoms with E-state index in [9.17, 15) is 18.7 Å². The van der Waals surface area contributed by atoms with Gasteiger partial charge in [-0.15, -0.1) is 0 Å². The molecule has 1 saturated heterocycles. The Labute approximate surface area is 234 Å². The van der Waals surface area contributed by atoms with E-state index >= 15 is 0 Å². The SMILES string of the molecule is O=C(CCCN1CCC(C(O)(c2ccc(F)cc2)c2ccc(F)cc2)CC1)N(c1ccccc1)c1ccccc1. The second kappa shape index (κ2) is 12.5. The topological polar surface area (TPSA) is 43.8 Å². The fraction of sp³-hybridized carbons (Fsp3) is 0.265. The highest BCUT2D eigenvalue weighted by molar-refractivity contribution is 6.00. The van der Waals surface area contributed by atoms with Crippen LogP contribution in [0, 0.1) is 17.6 Å². The van der Waals surface area contributed by atoms with Gasteiger partial charge in [-0.05, 0) is 104 Å². The number of hydrogen-bond donors (Lipinski definition) is 1. The maximum Gasteiger partial charge on any atom is 0.231 e. The molecule has 6 heteroatoms. The molecule has 1 aliphatic heterocycles. The molecule has 0 bridgehead atoms. The Morgan fingerprint density at radius 2 is 1.20 bits per heavy atom. The van der Waals surface area contributed by atoms with E-state index < -0.39 is 5.60 Å². The Balaban J connectivity index is 1.22. The molecular formula is C34H34F2N2O2. The van der Waals surface area contributed by atoms with E-state index in [-0.39, 0.29) is 23.5 Å². The normalized spacial score (nSPS) is 14.7. The minimum absolute atomic E-state index is 0.0503. The molecule has 1 aliphatic rings. The first-order chi connectivity index (χ1) is 19.4. The molecule has 0 radical (unpaired) electrons. The largest absolute Gasteiger partial charge is 0.380 e. The van der Waals surface area contributed by atoms with E-state index in [1.807, 2.05) is 60.7 Å². The van der Waals surface area contributed by atoms with Crippen LogP contribution in [0.4, 0.5) is 20.2 Å². The Hall–Kier alpha value is -3.87. The van der Waals surface area contributed by atoms with Crippen molar-refractivity contribution in [2.45, 2.75) is 31.3 Å². The number of likely N-dealkylation sites (tertiary alicyclic amines) is 1. The highest BCUT2D eigenvalue weighted by Crippen LogP contribution is 2.42. The zero-order chi connectivity index (χ0) is 28.0. The monoisotopic (exact) mass is 540 g/mol. The molecule has 0 spiro atoms. The number of hydrogen-bond acceptors (Lipinski definition) is 3. The lowest BCUT2D eigenvalue weighted by atomic mass is 9.72. The number of carbonyl (C=O) groups is 1. The fourth-order valence-electron chi connectivity index (χ4n) is 5.78. The summed E-state index contributed by atoms with van der Waals surface area (Å²) in [5, 5.41) is 12.1. The van der Waals surface area contributed by atoms with Crippen molar-refractivity contribution >= 4 is 17.3 Å². The summed E-state index contributed by atoms with van der Waals surface area (Å²) in [6, 6.07) is 31.2. The molecule has 0 saturated carbocycles. The lowest BCUT2D eigenvalue weighted by Gasteiger charge is -2.42. The second-order valence-corrected chi connectivity index (χ2v) is 10.4. The van der Waals surface area contributed by atoms with Crippen molar-refractivity contribution in [2.75, 3.05) is 24.5 Å². The molecule has 206 valence electrons. The first-order valence-corrected chi connectivity index (χ1v) is 13.8. The van der Waals surface area contributed by atoms with E-state index in [1.54, 1.807) is 29.2 Å². The van der Waals surface area contributed by atoms with Crippen LogP contribution in [0.2, 0.25) is 0 Å². The summed E-state index contributed by atoms with van der Waals surface area (Å²) in [5.74, 6) is -0.803. The molecule has 40 heavy (non-hydrogen) atoms. The van der Waals surface area contributed by atoms with Crippen molar-refractivity contribution in [1.29, 1.82) is 0 Å². The number of rotatable bonds is 9. The summed E-state index contributed by atoms with van der Waals surface area (Å²) < 4.78 is 27.4. The number of para-hydroxylation sites is 2. The van der Waals surface area contributed by atoms with Crippen LogP contribution in [-0.4, -0.2) is 35.5 Å². The molecule has 0 unspecified atom stereocenters. The lowest BCUT2D eigenvalue weighted by molar-refractivity contribution is -0.118. The van der Waals surface area contributed by atoms with Crippen LogP contribution in [0.15, 0.2) is 109 Å². The number of carbonyl (C=O) groups excluding carboxylic acids is 1. The maximum absolute atomic E-state index is 13.7. The van der Waals surface area contributed by atoms with E-state index in [4.69, 9.17) is 0 Å². The second-order valence-electron chi connectivity index (χ2n) is 10.4. The van der Waals surface area contributed by atoms with Crippen molar-refractivity contribution in [1.82, 2.24) is 4.90 Å². The number of aliphatic hydroxyl groups is 1. The van der Waals surface area contributed by atoms with Crippen LogP contribution in [-0.2, 0) is 10.4 Å². The highest BCUT2D eigenvalue weighted by Gasteiger charge is 2.41. The van der Waals surface area contributed by atoms with Gasteiger partial charge in [0.15, 0.2) is 0 Å². The van der Waals surface area contributed by atoms with Crippen LogP contribution in [0.1, 0.15) is 36.8 Å². The van der Waals surface area contributed by atoms with Gasteiger partial charge >= 0.3 is 0 Å². The standard InChI is InChI=1S/C34H34F2N2O2/c35-29-17-13-26(14-18-29)34(40,27-15-19-30(36)20-16-27)28-21-24-37(25-22-28)23-7-12-33(39)38(31-8-3-1-4-9-31)32-10-5-2-6-11-32/h1-6,8-11,13-20,28,40H,7,12,21-25H2. The van der Waals surface area contributed by atoms with Gasteiger partial charge in [-0.1, -0.05) is 60.7 Å². The molecule has 4 aromatic carbocycles. The zero-order valence-corrected chi connectivity index (χ0v) is 22.4. The summed E-state index contributed by atoms with van der Waals surface area (Å²) in [7, 11) is 0. The molecule has 1 heterocycles. The van der Waals surface area contributed by atoms with E-state index in [2.05, 4.69) is 4.90 Å². The first-order valence-electron chi connectivity index (χ1n) is 13.8. The van der Waals surface area contributed by atoms with Crippen LogP contribution in [0.3, 0.4) is 0 Å². The molecule has 0 atom stereocenters.